The lowest BCUT2D eigenvalue weighted by Crippen LogP contribution is -2.52. The lowest BCUT2D eigenvalue weighted by atomic mass is 9.99. The van der Waals surface area contributed by atoms with Crippen molar-refractivity contribution in [1.82, 2.24) is 4.90 Å². The zero-order valence-electron chi connectivity index (χ0n) is 13.5. The topological polar surface area (TPSA) is 41.9 Å². The van der Waals surface area contributed by atoms with Crippen molar-refractivity contribution in [2.45, 2.75) is 44.0 Å². The first-order chi connectivity index (χ1) is 11.2. The van der Waals surface area contributed by atoms with Crippen molar-refractivity contribution < 1.29 is 14.6 Å². The molecule has 0 aromatic heterocycles. The van der Waals surface area contributed by atoms with Gasteiger partial charge in [-0.25, -0.2) is 0 Å². The molecule has 1 saturated heterocycles. The van der Waals surface area contributed by atoms with Crippen LogP contribution in [0.2, 0.25) is 5.02 Å². The van der Waals surface area contributed by atoms with Crippen LogP contribution < -0.4 is 0 Å². The Morgan fingerprint density at radius 2 is 2.00 bits per heavy atom. The van der Waals surface area contributed by atoms with Gasteiger partial charge >= 0.3 is 0 Å². The van der Waals surface area contributed by atoms with Gasteiger partial charge in [0.2, 0.25) is 0 Å². The molecular weight excluding hydrogens is 314 g/mol. The van der Waals surface area contributed by atoms with Crippen molar-refractivity contribution in [3.05, 3.63) is 34.9 Å². The Morgan fingerprint density at radius 1 is 1.26 bits per heavy atom. The van der Waals surface area contributed by atoms with Crippen LogP contribution in [-0.4, -0.2) is 54.6 Å². The number of hydrogen-bond acceptors (Lipinski definition) is 4. The molecule has 1 unspecified atom stereocenters. The van der Waals surface area contributed by atoms with Crippen LogP contribution in [-0.2, 0) is 16.1 Å². The average Bonchev–Trinajstić information content (AvgIpc) is 2.97. The van der Waals surface area contributed by atoms with E-state index in [2.05, 4.69) is 4.90 Å². The molecule has 2 aliphatic rings. The normalized spacial score (nSPS) is 22.5. The van der Waals surface area contributed by atoms with Crippen LogP contribution in [0.5, 0.6) is 0 Å². The molecule has 3 rings (SSSR count). The minimum atomic E-state index is -0.459. The summed E-state index contributed by atoms with van der Waals surface area (Å²) in [5.74, 6) is 0. The fraction of sp³-hybridized carbons (Fsp3) is 0.667. The van der Waals surface area contributed by atoms with Gasteiger partial charge in [-0.05, 0) is 30.5 Å². The van der Waals surface area contributed by atoms with E-state index in [9.17, 15) is 5.11 Å². The molecule has 1 aliphatic carbocycles. The summed E-state index contributed by atoms with van der Waals surface area (Å²) >= 11 is 5.86. The molecule has 0 bridgehead atoms. The molecule has 2 fully saturated rings. The summed E-state index contributed by atoms with van der Waals surface area (Å²) in [4.78, 5) is 2.32. The maximum Gasteiger partial charge on any atom is 0.0900 e. The van der Waals surface area contributed by atoms with Crippen LogP contribution in [0.4, 0.5) is 0 Å². The summed E-state index contributed by atoms with van der Waals surface area (Å²) in [5, 5.41) is 11.0. The van der Waals surface area contributed by atoms with Gasteiger partial charge in [0.1, 0.15) is 0 Å². The lowest BCUT2D eigenvalue weighted by molar-refractivity contribution is -0.114. The number of rotatable bonds is 6. The number of β-amino-alcohol motifs (C(OH)–C–C–N with tert-alkyl or cyclic N) is 1. The van der Waals surface area contributed by atoms with Crippen LogP contribution in [0.25, 0.3) is 0 Å². The number of halogens is 1. The highest BCUT2D eigenvalue weighted by Crippen LogP contribution is 2.35. The highest BCUT2D eigenvalue weighted by Gasteiger charge is 2.39. The van der Waals surface area contributed by atoms with E-state index in [1.807, 2.05) is 24.3 Å². The van der Waals surface area contributed by atoms with Crippen molar-refractivity contribution in [3.63, 3.8) is 0 Å². The smallest absolute Gasteiger partial charge is 0.0900 e. The first kappa shape index (κ1) is 17.2. The fourth-order valence-electron chi connectivity index (χ4n) is 3.65. The molecule has 1 aromatic rings. The quantitative estimate of drug-likeness (QED) is 0.865. The Hall–Kier alpha value is -0.650. The number of hydrogen-bond donors (Lipinski definition) is 1. The van der Waals surface area contributed by atoms with Crippen LogP contribution in [0.3, 0.4) is 0 Å². The molecular formula is C18H26ClNO3. The van der Waals surface area contributed by atoms with E-state index in [1.165, 1.54) is 12.8 Å². The number of aliphatic hydroxyl groups excluding tert-OH is 1. The second-order valence-electron chi connectivity index (χ2n) is 6.77. The summed E-state index contributed by atoms with van der Waals surface area (Å²) in [7, 11) is 0. The fourth-order valence-corrected chi connectivity index (χ4v) is 3.77. The summed E-state index contributed by atoms with van der Waals surface area (Å²) in [5.41, 5.74) is 1.13. The molecule has 1 spiro atoms. The van der Waals surface area contributed by atoms with E-state index in [0.717, 1.165) is 43.1 Å². The van der Waals surface area contributed by atoms with Crippen molar-refractivity contribution in [2.24, 2.45) is 0 Å². The van der Waals surface area contributed by atoms with Crippen molar-refractivity contribution in [3.8, 4) is 0 Å². The molecule has 1 heterocycles. The molecule has 0 radical (unpaired) electrons. The molecule has 1 saturated carbocycles. The van der Waals surface area contributed by atoms with Gasteiger partial charge in [-0.15, -0.1) is 0 Å². The van der Waals surface area contributed by atoms with E-state index in [1.54, 1.807) is 0 Å². The van der Waals surface area contributed by atoms with E-state index < -0.39 is 6.10 Å². The molecule has 128 valence electrons. The highest BCUT2D eigenvalue weighted by molar-refractivity contribution is 6.30. The summed E-state index contributed by atoms with van der Waals surface area (Å²) in [6.45, 7) is 4.13. The molecule has 1 aliphatic heterocycles. The van der Waals surface area contributed by atoms with Crippen molar-refractivity contribution >= 4 is 11.6 Å². The molecule has 1 atom stereocenters. The van der Waals surface area contributed by atoms with Crippen LogP contribution in [0, 0.1) is 0 Å². The monoisotopic (exact) mass is 339 g/mol. The summed E-state index contributed by atoms with van der Waals surface area (Å²) < 4.78 is 11.7. The Morgan fingerprint density at radius 3 is 2.74 bits per heavy atom. The molecule has 1 N–H and O–H groups in total. The van der Waals surface area contributed by atoms with Gasteiger partial charge < -0.3 is 14.6 Å². The average molecular weight is 340 g/mol. The number of nitrogens with zero attached hydrogens (tertiary/aromatic N) is 1. The Balaban J connectivity index is 1.38. The Kier molecular flexibility index (Phi) is 5.94. The maximum atomic E-state index is 10.2. The second kappa shape index (κ2) is 7.95. The highest BCUT2D eigenvalue weighted by atomic mass is 35.5. The minimum absolute atomic E-state index is 0.0577. The van der Waals surface area contributed by atoms with E-state index >= 15 is 0 Å². The largest absolute Gasteiger partial charge is 0.389 e. The third kappa shape index (κ3) is 4.91. The van der Waals surface area contributed by atoms with Gasteiger partial charge in [0.15, 0.2) is 0 Å². The number of aliphatic hydroxyl groups is 1. The zero-order valence-corrected chi connectivity index (χ0v) is 14.3. The molecule has 0 amide bonds. The van der Waals surface area contributed by atoms with E-state index in [0.29, 0.717) is 19.8 Å². The van der Waals surface area contributed by atoms with Gasteiger partial charge in [0.25, 0.3) is 0 Å². The second-order valence-corrected chi connectivity index (χ2v) is 7.21. The zero-order chi connectivity index (χ0) is 16.1. The van der Waals surface area contributed by atoms with Crippen LogP contribution in [0.1, 0.15) is 31.2 Å². The number of ether oxygens (including phenoxy) is 2. The number of morpholine rings is 1. The first-order valence-corrected chi connectivity index (χ1v) is 8.90. The number of benzene rings is 1. The van der Waals surface area contributed by atoms with Gasteiger partial charge in [-0.1, -0.05) is 36.6 Å². The predicted octanol–water partition coefficient (Wildman–Crippen LogP) is 2.86. The summed E-state index contributed by atoms with van der Waals surface area (Å²) in [6, 6.07) is 7.60. The molecule has 4 nitrogen and oxygen atoms in total. The SMILES string of the molecule is OC(COCc1ccc(Cl)cc1)CN1CCOC2(CCCC2)C1. The van der Waals surface area contributed by atoms with Gasteiger partial charge in [-0.3, -0.25) is 4.90 Å². The van der Waals surface area contributed by atoms with Crippen LogP contribution in [0.15, 0.2) is 24.3 Å². The van der Waals surface area contributed by atoms with Gasteiger partial charge in [-0.2, -0.15) is 0 Å². The third-order valence-corrected chi connectivity index (χ3v) is 5.06. The third-order valence-electron chi connectivity index (χ3n) is 4.80. The maximum absolute atomic E-state index is 10.2. The molecule has 1 aromatic carbocycles. The van der Waals surface area contributed by atoms with Crippen LogP contribution >= 0.6 is 11.6 Å². The van der Waals surface area contributed by atoms with Crippen molar-refractivity contribution in [1.29, 1.82) is 0 Å². The molecule has 5 heteroatoms. The summed E-state index contributed by atoms with van der Waals surface area (Å²) in [6.07, 6.45) is 4.39. The lowest BCUT2D eigenvalue weighted by Gasteiger charge is -2.41. The molecule has 23 heavy (non-hydrogen) atoms. The Labute approximate surface area is 143 Å². The van der Waals surface area contributed by atoms with Gasteiger partial charge in [0, 0.05) is 24.7 Å². The standard InChI is InChI=1S/C18H26ClNO3/c19-16-5-3-15(4-6-16)12-22-13-17(21)11-20-9-10-23-18(14-20)7-1-2-8-18/h3-6,17,21H,1-2,7-14H2. The minimum Gasteiger partial charge on any atom is -0.389 e. The Bertz CT molecular complexity index is 488. The van der Waals surface area contributed by atoms with E-state index in [4.69, 9.17) is 21.1 Å². The predicted molar refractivity (Wildman–Crippen MR) is 90.7 cm³/mol. The first-order valence-electron chi connectivity index (χ1n) is 8.52. The van der Waals surface area contributed by atoms with Crippen molar-refractivity contribution in [2.75, 3.05) is 32.8 Å². The van der Waals surface area contributed by atoms with Gasteiger partial charge in [0.05, 0.1) is 31.5 Å². The van der Waals surface area contributed by atoms with E-state index in [-0.39, 0.29) is 5.60 Å².